The number of ether oxygens (including phenoxy) is 1. The van der Waals surface area contributed by atoms with E-state index in [0.717, 1.165) is 12.8 Å². The summed E-state index contributed by atoms with van der Waals surface area (Å²) in [7, 11) is 0. The lowest BCUT2D eigenvalue weighted by Crippen LogP contribution is -2.34. The maximum atomic E-state index is 14.8. The Bertz CT molecular complexity index is 401. The average Bonchev–Trinajstić information content (AvgIpc) is 2.33. The van der Waals surface area contributed by atoms with Crippen LogP contribution in [0.15, 0.2) is 18.5 Å². The van der Waals surface area contributed by atoms with Crippen molar-refractivity contribution < 1.29 is 9.13 Å². The summed E-state index contributed by atoms with van der Waals surface area (Å²) in [5.74, 6) is 0.634. The molecule has 0 radical (unpaired) electrons. The molecule has 4 heteroatoms. The van der Waals surface area contributed by atoms with Gasteiger partial charge in [-0.15, -0.1) is 0 Å². The molecule has 0 bridgehead atoms. The van der Waals surface area contributed by atoms with E-state index >= 15 is 0 Å². The summed E-state index contributed by atoms with van der Waals surface area (Å²) in [6.45, 7) is 3.88. The number of hydrogen-bond donors (Lipinski definition) is 1. The lowest BCUT2D eigenvalue weighted by atomic mass is 9.80. The van der Waals surface area contributed by atoms with Crippen molar-refractivity contribution in [2.45, 2.75) is 57.3 Å². The van der Waals surface area contributed by atoms with Crippen LogP contribution >= 0.6 is 0 Å². The first kappa shape index (κ1) is 13.3. The first-order chi connectivity index (χ1) is 8.49. The average molecular weight is 252 g/mol. The summed E-state index contributed by atoms with van der Waals surface area (Å²) in [5.41, 5.74) is 5.15. The molecule has 1 aliphatic carbocycles. The predicted octanol–water partition coefficient (Wildman–Crippen LogP) is 2.93. The molecule has 3 nitrogen and oxygen atoms in total. The highest BCUT2D eigenvalue weighted by atomic mass is 19.1. The lowest BCUT2D eigenvalue weighted by Gasteiger charge is -2.32. The number of nitrogens with two attached hydrogens (primary N) is 1. The van der Waals surface area contributed by atoms with E-state index in [4.69, 9.17) is 10.5 Å². The molecule has 1 aliphatic rings. The molecule has 0 saturated heterocycles. The van der Waals surface area contributed by atoms with Crippen LogP contribution in [0.2, 0.25) is 0 Å². The first-order valence-corrected chi connectivity index (χ1v) is 6.56. The van der Waals surface area contributed by atoms with Crippen LogP contribution in [0.25, 0.3) is 0 Å². The zero-order chi connectivity index (χ0) is 13.2. The van der Waals surface area contributed by atoms with Gasteiger partial charge in [0.05, 0.1) is 12.3 Å². The Balaban J connectivity index is 2.17. The van der Waals surface area contributed by atoms with Crippen molar-refractivity contribution in [1.82, 2.24) is 4.98 Å². The lowest BCUT2D eigenvalue weighted by molar-refractivity contribution is 0.0968. The van der Waals surface area contributed by atoms with E-state index in [1.165, 1.54) is 0 Å². The van der Waals surface area contributed by atoms with Crippen LogP contribution < -0.4 is 10.5 Å². The molecule has 1 heterocycles. The molecule has 0 atom stereocenters. The number of nitrogens with zero attached hydrogens (tertiary/aromatic N) is 1. The molecule has 1 fully saturated rings. The molecule has 1 aromatic heterocycles. The minimum atomic E-state index is -1.29. The highest BCUT2D eigenvalue weighted by molar-refractivity contribution is 5.29. The van der Waals surface area contributed by atoms with Gasteiger partial charge in [-0.3, -0.25) is 4.98 Å². The molecule has 18 heavy (non-hydrogen) atoms. The molecule has 1 saturated carbocycles. The number of hydrogen-bond acceptors (Lipinski definition) is 3. The number of halogens is 1. The topological polar surface area (TPSA) is 48.1 Å². The van der Waals surface area contributed by atoms with Gasteiger partial charge in [-0.25, -0.2) is 4.39 Å². The van der Waals surface area contributed by atoms with Crippen molar-refractivity contribution in [2.24, 2.45) is 5.73 Å². The number of pyridine rings is 1. The zero-order valence-corrected chi connectivity index (χ0v) is 11.0. The SMILES string of the molecule is CC(C)Oc1cncc(C2(F)CCC(N)CC2)c1. The van der Waals surface area contributed by atoms with Gasteiger partial charge in [-0.1, -0.05) is 0 Å². The Kier molecular flexibility index (Phi) is 3.85. The second kappa shape index (κ2) is 5.22. The van der Waals surface area contributed by atoms with Crippen molar-refractivity contribution >= 4 is 0 Å². The minimum absolute atomic E-state index is 0.0670. The van der Waals surface area contributed by atoms with Crippen molar-refractivity contribution in [2.75, 3.05) is 0 Å². The zero-order valence-electron chi connectivity index (χ0n) is 11.0. The van der Waals surface area contributed by atoms with Crippen LogP contribution in [-0.2, 0) is 5.67 Å². The van der Waals surface area contributed by atoms with Gasteiger partial charge in [0.15, 0.2) is 0 Å². The van der Waals surface area contributed by atoms with Gasteiger partial charge in [0.25, 0.3) is 0 Å². The van der Waals surface area contributed by atoms with Crippen LogP contribution in [0, 0.1) is 0 Å². The second-order valence-electron chi connectivity index (χ2n) is 5.38. The largest absolute Gasteiger partial charge is 0.489 e. The van der Waals surface area contributed by atoms with E-state index in [1.807, 2.05) is 13.8 Å². The number of rotatable bonds is 3. The minimum Gasteiger partial charge on any atom is -0.489 e. The van der Waals surface area contributed by atoms with Crippen molar-refractivity contribution in [3.8, 4) is 5.75 Å². The highest BCUT2D eigenvalue weighted by Gasteiger charge is 2.36. The molecule has 2 rings (SSSR count). The van der Waals surface area contributed by atoms with Gasteiger partial charge in [-0.05, 0) is 45.6 Å². The summed E-state index contributed by atoms with van der Waals surface area (Å²) >= 11 is 0. The van der Waals surface area contributed by atoms with Gasteiger partial charge in [-0.2, -0.15) is 0 Å². The van der Waals surface area contributed by atoms with Gasteiger partial charge in [0.2, 0.25) is 0 Å². The predicted molar refractivity (Wildman–Crippen MR) is 69.2 cm³/mol. The first-order valence-electron chi connectivity index (χ1n) is 6.56. The van der Waals surface area contributed by atoms with Crippen molar-refractivity contribution in [1.29, 1.82) is 0 Å². The van der Waals surface area contributed by atoms with E-state index in [2.05, 4.69) is 4.98 Å². The Morgan fingerprint density at radius 2 is 2.06 bits per heavy atom. The summed E-state index contributed by atoms with van der Waals surface area (Å²) < 4.78 is 20.4. The Labute approximate surface area is 108 Å². The Morgan fingerprint density at radius 3 is 2.67 bits per heavy atom. The van der Waals surface area contributed by atoms with Gasteiger partial charge in [0, 0.05) is 17.8 Å². The summed E-state index contributed by atoms with van der Waals surface area (Å²) in [6, 6.07) is 1.90. The summed E-state index contributed by atoms with van der Waals surface area (Å²) in [4.78, 5) is 4.08. The Morgan fingerprint density at radius 1 is 1.39 bits per heavy atom. The number of alkyl halides is 1. The van der Waals surface area contributed by atoms with E-state index in [0.29, 0.717) is 24.2 Å². The second-order valence-corrected chi connectivity index (χ2v) is 5.38. The van der Waals surface area contributed by atoms with Gasteiger partial charge < -0.3 is 10.5 Å². The molecule has 1 aromatic rings. The maximum absolute atomic E-state index is 14.8. The Hall–Kier alpha value is -1.16. The van der Waals surface area contributed by atoms with Crippen LogP contribution in [0.4, 0.5) is 4.39 Å². The van der Waals surface area contributed by atoms with Gasteiger partial charge in [0.1, 0.15) is 11.4 Å². The fourth-order valence-electron chi connectivity index (χ4n) is 2.39. The number of aromatic nitrogens is 1. The molecule has 0 unspecified atom stereocenters. The standard InChI is InChI=1S/C14H21FN2O/c1-10(2)18-13-7-11(8-17-9-13)14(15)5-3-12(16)4-6-14/h7-10,12H,3-6,16H2,1-2H3. The molecule has 0 amide bonds. The quantitative estimate of drug-likeness (QED) is 0.899. The van der Waals surface area contributed by atoms with E-state index in [-0.39, 0.29) is 12.1 Å². The highest BCUT2D eigenvalue weighted by Crippen LogP contribution is 2.40. The van der Waals surface area contributed by atoms with Gasteiger partial charge >= 0.3 is 0 Å². The summed E-state index contributed by atoms with van der Waals surface area (Å²) in [5, 5.41) is 0. The summed E-state index contributed by atoms with van der Waals surface area (Å²) in [6.07, 6.45) is 5.70. The molecule has 100 valence electrons. The molecule has 0 aliphatic heterocycles. The third kappa shape index (κ3) is 2.99. The normalized spacial score (nSPS) is 28.4. The van der Waals surface area contributed by atoms with Crippen LogP contribution in [0.3, 0.4) is 0 Å². The molecular weight excluding hydrogens is 231 g/mol. The van der Waals surface area contributed by atoms with E-state index < -0.39 is 5.67 Å². The van der Waals surface area contributed by atoms with Crippen LogP contribution in [-0.4, -0.2) is 17.1 Å². The monoisotopic (exact) mass is 252 g/mol. The fourth-order valence-corrected chi connectivity index (χ4v) is 2.39. The van der Waals surface area contributed by atoms with Crippen molar-refractivity contribution in [3.63, 3.8) is 0 Å². The molecule has 0 spiro atoms. The van der Waals surface area contributed by atoms with Crippen molar-refractivity contribution in [3.05, 3.63) is 24.0 Å². The third-order valence-corrected chi connectivity index (χ3v) is 3.43. The van der Waals surface area contributed by atoms with Crippen LogP contribution in [0.5, 0.6) is 5.75 Å². The smallest absolute Gasteiger partial charge is 0.138 e. The van der Waals surface area contributed by atoms with Crippen LogP contribution in [0.1, 0.15) is 45.1 Å². The van der Waals surface area contributed by atoms with E-state index in [9.17, 15) is 4.39 Å². The fraction of sp³-hybridized carbons (Fsp3) is 0.643. The molecular formula is C14H21FN2O. The third-order valence-electron chi connectivity index (χ3n) is 3.43. The molecule has 0 aromatic carbocycles. The molecule has 2 N–H and O–H groups in total. The maximum Gasteiger partial charge on any atom is 0.138 e. The van der Waals surface area contributed by atoms with E-state index in [1.54, 1.807) is 18.5 Å².